The Hall–Kier alpha value is -1.07. The lowest BCUT2D eigenvalue weighted by molar-refractivity contribution is 1.02. The largest absolute Gasteiger partial charge is 0.225 e. The normalized spacial score (nSPS) is 12.9. The van der Waals surface area contributed by atoms with Crippen LogP contribution in [0.2, 0.25) is 0 Å². The van der Waals surface area contributed by atoms with Crippen LogP contribution in [0.5, 0.6) is 0 Å². The highest BCUT2D eigenvalue weighted by Gasteiger charge is 2.30. The summed E-state index contributed by atoms with van der Waals surface area (Å²) in [4.78, 5) is 12.4. The maximum atomic E-state index is 6.19. The van der Waals surface area contributed by atoms with E-state index in [9.17, 15) is 0 Å². The molecule has 0 saturated heterocycles. The van der Waals surface area contributed by atoms with Gasteiger partial charge in [0.25, 0.3) is 0 Å². The molecule has 0 spiro atoms. The van der Waals surface area contributed by atoms with Crippen molar-refractivity contribution < 1.29 is 0 Å². The molecule has 1 heterocycles. The first kappa shape index (κ1) is 21.6. The maximum absolute atomic E-state index is 6.19. The summed E-state index contributed by atoms with van der Waals surface area (Å²) >= 11 is 36.5. The van der Waals surface area contributed by atoms with Crippen molar-refractivity contribution in [2.75, 3.05) is 0 Å². The number of nitrogens with zero attached hydrogens (tertiary/aromatic N) is 3. The lowest BCUT2D eigenvalue weighted by atomic mass is 9.98. The first-order valence-electron chi connectivity index (χ1n) is 7.84. The summed E-state index contributed by atoms with van der Waals surface area (Å²) < 4.78 is -3.39. The second-order valence-electron chi connectivity index (χ2n) is 5.68. The van der Waals surface area contributed by atoms with Gasteiger partial charge in [-0.2, -0.15) is 0 Å². The van der Waals surface area contributed by atoms with E-state index in [-0.39, 0.29) is 0 Å². The predicted molar refractivity (Wildman–Crippen MR) is 118 cm³/mol. The van der Waals surface area contributed by atoms with Gasteiger partial charge in [-0.15, -0.1) is 0 Å². The summed E-state index contributed by atoms with van der Waals surface area (Å²) in [5.74, 6) is 0.474. The zero-order valence-corrected chi connectivity index (χ0v) is 18.5. The first-order chi connectivity index (χ1) is 13.2. The van der Waals surface area contributed by atoms with E-state index in [1.54, 1.807) is 18.2 Å². The van der Waals surface area contributed by atoms with Gasteiger partial charge in [0.2, 0.25) is 7.59 Å². The van der Waals surface area contributed by atoms with Crippen LogP contribution in [0.1, 0.15) is 28.1 Å². The van der Waals surface area contributed by atoms with Gasteiger partial charge in [-0.25, -0.2) is 15.0 Å². The molecule has 0 saturated carbocycles. The minimum atomic E-state index is -1.74. The van der Waals surface area contributed by atoms with Gasteiger partial charge >= 0.3 is 0 Å². The highest BCUT2D eigenvalue weighted by atomic mass is 35.6. The van der Waals surface area contributed by atoms with Gasteiger partial charge < -0.3 is 0 Å². The molecule has 0 atom stereocenters. The summed E-state index contributed by atoms with van der Waals surface area (Å²) in [6.45, 7) is 0. The Morgan fingerprint density at radius 2 is 1.43 bits per heavy atom. The van der Waals surface area contributed by atoms with Crippen molar-refractivity contribution in [3.05, 3.63) is 89.3 Å². The Labute approximate surface area is 192 Å². The Bertz CT molecular complexity index is 939. The molecular formula is C19H11Cl6N3. The molecule has 0 aliphatic heterocycles. The van der Waals surface area contributed by atoms with Crippen LogP contribution in [0, 0.1) is 0 Å². The molecule has 144 valence electrons. The van der Waals surface area contributed by atoms with Crippen molar-refractivity contribution in [1.29, 1.82) is 0 Å². The summed E-state index contributed by atoms with van der Waals surface area (Å²) in [6.07, 6.45) is 4.66. The van der Waals surface area contributed by atoms with Gasteiger partial charge in [-0.1, -0.05) is 112 Å². The number of halogens is 6. The second kappa shape index (κ2) is 8.74. The molecule has 1 aromatic heterocycles. The molecule has 0 aliphatic carbocycles. The molecular weight excluding hydrogens is 483 g/mol. The number of hydrogen-bond acceptors (Lipinski definition) is 3. The summed E-state index contributed by atoms with van der Waals surface area (Å²) in [5.41, 5.74) is 2.98. The van der Waals surface area contributed by atoms with Gasteiger partial charge in [-0.3, -0.25) is 0 Å². The SMILES string of the molecule is ClC(Cl)(Cl)c1ccc(C=C(c2ccccc2)c2ncncn2)c(C(Cl)(Cl)Cl)c1. The molecule has 0 unspecified atom stereocenters. The van der Waals surface area contributed by atoms with Crippen molar-refractivity contribution in [3.8, 4) is 0 Å². The average Bonchev–Trinajstić information content (AvgIpc) is 2.66. The van der Waals surface area contributed by atoms with Gasteiger partial charge in [-0.05, 0) is 23.3 Å². The first-order valence-corrected chi connectivity index (χ1v) is 10.1. The van der Waals surface area contributed by atoms with Crippen molar-refractivity contribution in [2.24, 2.45) is 0 Å². The standard InChI is InChI=1S/C19H11Cl6N3/c20-18(21,22)14-7-6-13(16(9-14)19(23,24)25)8-15(12-4-2-1-3-5-12)17-27-10-26-11-28-17/h1-11H. The third-order valence-corrected chi connectivity index (χ3v) is 5.07. The average molecular weight is 494 g/mol. The van der Waals surface area contributed by atoms with E-state index in [2.05, 4.69) is 15.0 Å². The minimum absolute atomic E-state index is 0.365. The molecule has 28 heavy (non-hydrogen) atoms. The van der Waals surface area contributed by atoms with E-state index >= 15 is 0 Å². The zero-order valence-electron chi connectivity index (χ0n) is 14.0. The molecule has 0 fully saturated rings. The number of benzene rings is 2. The predicted octanol–water partition coefficient (Wildman–Crippen LogP) is 7.11. The van der Waals surface area contributed by atoms with Crippen LogP contribution in [-0.4, -0.2) is 15.0 Å². The fourth-order valence-corrected chi connectivity index (χ4v) is 3.38. The lowest BCUT2D eigenvalue weighted by Crippen LogP contribution is -2.08. The summed E-state index contributed by atoms with van der Waals surface area (Å²) in [7, 11) is 0. The summed E-state index contributed by atoms with van der Waals surface area (Å²) in [6, 6.07) is 14.5. The molecule has 9 heteroatoms. The molecule has 0 radical (unpaired) electrons. The zero-order chi connectivity index (χ0) is 20.4. The maximum Gasteiger partial charge on any atom is 0.216 e. The van der Waals surface area contributed by atoms with Crippen LogP contribution in [-0.2, 0) is 7.59 Å². The van der Waals surface area contributed by atoms with E-state index in [1.165, 1.54) is 12.7 Å². The lowest BCUT2D eigenvalue weighted by Gasteiger charge is -2.19. The van der Waals surface area contributed by atoms with Crippen molar-refractivity contribution in [2.45, 2.75) is 7.59 Å². The van der Waals surface area contributed by atoms with E-state index in [0.29, 0.717) is 22.5 Å². The van der Waals surface area contributed by atoms with Crippen molar-refractivity contribution in [3.63, 3.8) is 0 Å². The highest BCUT2D eigenvalue weighted by Crippen LogP contribution is 2.45. The Balaban J connectivity index is 2.23. The quantitative estimate of drug-likeness (QED) is 0.288. The topological polar surface area (TPSA) is 38.7 Å². The van der Waals surface area contributed by atoms with Gasteiger partial charge in [0, 0.05) is 16.7 Å². The van der Waals surface area contributed by atoms with Crippen LogP contribution in [0.3, 0.4) is 0 Å². The Morgan fingerprint density at radius 3 is 2.00 bits per heavy atom. The second-order valence-corrected chi connectivity index (χ2v) is 10.2. The molecule has 2 aromatic carbocycles. The number of aromatic nitrogens is 3. The monoisotopic (exact) mass is 491 g/mol. The minimum Gasteiger partial charge on any atom is -0.225 e. The molecule has 3 nitrogen and oxygen atoms in total. The van der Waals surface area contributed by atoms with Crippen LogP contribution < -0.4 is 0 Å². The summed E-state index contributed by atoms with van der Waals surface area (Å²) in [5, 5.41) is 0. The molecule has 3 aromatic rings. The van der Waals surface area contributed by atoms with Crippen LogP contribution in [0.25, 0.3) is 11.6 Å². The highest BCUT2D eigenvalue weighted by molar-refractivity contribution is 6.67. The smallest absolute Gasteiger partial charge is 0.216 e. The molecule has 0 bridgehead atoms. The molecule has 3 rings (SSSR count). The van der Waals surface area contributed by atoms with Crippen LogP contribution in [0.4, 0.5) is 0 Å². The fraction of sp³-hybridized carbons (Fsp3) is 0.105. The van der Waals surface area contributed by atoms with Gasteiger partial charge in [0.1, 0.15) is 12.7 Å². The van der Waals surface area contributed by atoms with Crippen molar-refractivity contribution >= 4 is 81.3 Å². The van der Waals surface area contributed by atoms with E-state index in [0.717, 1.165) is 11.1 Å². The Morgan fingerprint density at radius 1 is 0.786 bits per heavy atom. The van der Waals surface area contributed by atoms with Gasteiger partial charge in [0.05, 0.1) is 0 Å². The molecule has 0 amide bonds. The molecule has 0 N–H and O–H groups in total. The van der Waals surface area contributed by atoms with Crippen molar-refractivity contribution in [1.82, 2.24) is 15.0 Å². The van der Waals surface area contributed by atoms with Crippen LogP contribution >= 0.6 is 69.6 Å². The molecule has 0 aliphatic rings. The number of rotatable bonds is 3. The van der Waals surface area contributed by atoms with Crippen LogP contribution in [0.15, 0.2) is 61.2 Å². The third kappa shape index (κ3) is 5.29. The van der Waals surface area contributed by atoms with E-state index in [1.807, 2.05) is 36.4 Å². The Kier molecular flexibility index (Phi) is 6.76. The van der Waals surface area contributed by atoms with Gasteiger partial charge in [0.15, 0.2) is 5.82 Å². The number of alkyl halides is 6. The third-order valence-electron chi connectivity index (χ3n) is 3.80. The fourth-order valence-electron chi connectivity index (χ4n) is 2.53. The van der Waals surface area contributed by atoms with E-state index in [4.69, 9.17) is 69.6 Å². The number of hydrogen-bond donors (Lipinski definition) is 0. The van der Waals surface area contributed by atoms with E-state index < -0.39 is 7.59 Å².